The van der Waals surface area contributed by atoms with Crippen molar-refractivity contribution in [2.24, 2.45) is 0 Å². The normalized spacial score (nSPS) is 10.6. The third-order valence-electron chi connectivity index (χ3n) is 3.96. The van der Waals surface area contributed by atoms with Crippen LogP contribution in [0.25, 0.3) is 0 Å². The van der Waals surface area contributed by atoms with Crippen molar-refractivity contribution in [2.45, 2.75) is 33.2 Å². The summed E-state index contributed by atoms with van der Waals surface area (Å²) in [6, 6.07) is 7.16. The lowest BCUT2D eigenvalue weighted by Crippen LogP contribution is -2.35. The van der Waals surface area contributed by atoms with Crippen LogP contribution in [0.1, 0.15) is 29.0 Å². The number of carbonyl (C=O) groups excluding carboxylic acids is 2. The summed E-state index contributed by atoms with van der Waals surface area (Å²) in [5.74, 6) is 0.113. The topological polar surface area (TPSA) is 72.6 Å². The SMILES string of the molecule is COC(=O)CN(Cc1ccc(Cl)cc1)C(=O)CCc1c(C)noc1C. The maximum absolute atomic E-state index is 12.6. The average molecular weight is 365 g/mol. The minimum atomic E-state index is -0.459. The molecule has 1 aromatic heterocycles. The van der Waals surface area contributed by atoms with Gasteiger partial charge in [0, 0.05) is 23.6 Å². The molecule has 6 nitrogen and oxygen atoms in total. The summed E-state index contributed by atoms with van der Waals surface area (Å²) in [5.41, 5.74) is 2.60. The number of aromatic nitrogens is 1. The molecule has 0 aliphatic carbocycles. The van der Waals surface area contributed by atoms with Gasteiger partial charge in [0.15, 0.2) is 0 Å². The van der Waals surface area contributed by atoms with Crippen molar-refractivity contribution in [3.63, 3.8) is 0 Å². The highest BCUT2D eigenvalue weighted by molar-refractivity contribution is 6.30. The monoisotopic (exact) mass is 364 g/mol. The molecule has 0 N–H and O–H groups in total. The zero-order valence-corrected chi connectivity index (χ0v) is 15.3. The Morgan fingerprint density at radius 1 is 1.24 bits per heavy atom. The fourth-order valence-electron chi connectivity index (χ4n) is 2.51. The Morgan fingerprint density at radius 3 is 2.48 bits per heavy atom. The third kappa shape index (κ3) is 5.32. The van der Waals surface area contributed by atoms with Gasteiger partial charge >= 0.3 is 5.97 Å². The van der Waals surface area contributed by atoms with E-state index in [9.17, 15) is 9.59 Å². The molecule has 1 aromatic carbocycles. The van der Waals surface area contributed by atoms with Crippen LogP contribution in [0.3, 0.4) is 0 Å². The van der Waals surface area contributed by atoms with E-state index in [1.165, 1.54) is 12.0 Å². The van der Waals surface area contributed by atoms with Gasteiger partial charge in [0.1, 0.15) is 12.3 Å². The summed E-state index contributed by atoms with van der Waals surface area (Å²) >= 11 is 5.88. The predicted octanol–water partition coefficient (Wildman–Crippen LogP) is 3.08. The lowest BCUT2D eigenvalue weighted by atomic mass is 10.1. The molecule has 0 unspecified atom stereocenters. The van der Waals surface area contributed by atoms with Gasteiger partial charge in [-0.2, -0.15) is 0 Å². The number of hydrogen-bond donors (Lipinski definition) is 0. The van der Waals surface area contributed by atoms with Crippen molar-refractivity contribution < 1.29 is 18.8 Å². The number of aryl methyl sites for hydroxylation is 2. The zero-order valence-electron chi connectivity index (χ0n) is 14.5. The van der Waals surface area contributed by atoms with Gasteiger partial charge in [-0.15, -0.1) is 0 Å². The second kappa shape index (κ2) is 8.67. The van der Waals surface area contributed by atoms with Crippen molar-refractivity contribution in [1.29, 1.82) is 0 Å². The molecule has 0 radical (unpaired) electrons. The van der Waals surface area contributed by atoms with E-state index in [1.807, 2.05) is 26.0 Å². The van der Waals surface area contributed by atoms with Crippen LogP contribution in [0.4, 0.5) is 0 Å². The average Bonchev–Trinajstić information content (AvgIpc) is 2.92. The van der Waals surface area contributed by atoms with Crippen molar-refractivity contribution in [3.05, 3.63) is 51.9 Å². The van der Waals surface area contributed by atoms with Gasteiger partial charge < -0.3 is 14.2 Å². The first kappa shape index (κ1) is 19.0. The number of benzene rings is 1. The molecule has 2 rings (SSSR count). The number of ether oxygens (including phenoxy) is 1. The van der Waals surface area contributed by atoms with E-state index >= 15 is 0 Å². The van der Waals surface area contributed by atoms with Crippen LogP contribution in [0.5, 0.6) is 0 Å². The van der Waals surface area contributed by atoms with Crippen molar-refractivity contribution >= 4 is 23.5 Å². The second-order valence-corrected chi connectivity index (χ2v) is 6.19. The first-order valence-corrected chi connectivity index (χ1v) is 8.29. The second-order valence-electron chi connectivity index (χ2n) is 5.76. The summed E-state index contributed by atoms with van der Waals surface area (Å²) in [7, 11) is 1.30. The molecule has 1 heterocycles. The molecule has 25 heavy (non-hydrogen) atoms. The van der Waals surface area contributed by atoms with Gasteiger partial charge in [-0.1, -0.05) is 28.9 Å². The number of halogens is 1. The van der Waals surface area contributed by atoms with Gasteiger partial charge in [-0.25, -0.2) is 0 Å². The first-order chi connectivity index (χ1) is 11.9. The standard InChI is InChI=1S/C18H21ClN2O4/c1-12-16(13(2)25-20-12)8-9-17(22)21(11-18(23)24-3)10-14-4-6-15(19)7-5-14/h4-7H,8-11H2,1-3H3. The summed E-state index contributed by atoms with van der Waals surface area (Å²) < 4.78 is 9.81. The number of amides is 1. The van der Waals surface area contributed by atoms with Crippen LogP contribution < -0.4 is 0 Å². The van der Waals surface area contributed by atoms with Crippen LogP contribution in [0.2, 0.25) is 5.02 Å². The molecule has 0 saturated heterocycles. The Kier molecular flexibility index (Phi) is 6.58. The smallest absolute Gasteiger partial charge is 0.325 e. The quantitative estimate of drug-likeness (QED) is 0.706. The predicted molar refractivity (Wildman–Crippen MR) is 93.2 cm³/mol. The van der Waals surface area contributed by atoms with Crippen LogP contribution in [0, 0.1) is 13.8 Å². The minimum absolute atomic E-state index is 0.0977. The molecular formula is C18H21ClN2O4. The van der Waals surface area contributed by atoms with Crippen molar-refractivity contribution in [1.82, 2.24) is 10.1 Å². The number of nitrogens with zero attached hydrogens (tertiary/aromatic N) is 2. The molecule has 0 spiro atoms. The summed E-state index contributed by atoms with van der Waals surface area (Å²) in [5, 5.41) is 4.51. The number of esters is 1. The van der Waals surface area contributed by atoms with E-state index in [1.54, 1.807) is 12.1 Å². The van der Waals surface area contributed by atoms with E-state index < -0.39 is 5.97 Å². The maximum Gasteiger partial charge on any atom is 0.325 e. The molecule has 134 valence electrons. The fourth-order valence-corrected chi connectivity index (χ4v) is 2.64. The van der Waals surface area contributed by atoms with Crippen molar-refractivity contribution in [3.8, 4) is 0 Å². The maximum atomic E-state index is 12.6. The molecule has 0 atom stereocenters. The highest BCUT2D eigenvalue weighted by Crippen LogP contribution is 2.16. The van der Waals surface area contributed by atoms with E-state index in [0.717, 1.165) is 16.8 Å². The summed E-state index contributed by atoms with van der Waals surface area (Å²) in [6.07, 6.45) is 0.770. The van der Waals surface area contributed by atoms with Crippen LogP contribution >= 0.6 is 11.6 Å². The Bertz CT molecular complexity index is 721. The number of carbonyl (C=O) groups is 2. The Balaban J connectivity index is 2.06. The largest absolute Gasteiger partial charge is 0.468 e. The lowest BCUT2D eigenvalue weighted by molar-refractivity contribution is -0.147. The molecule has 0 bridgehead atoms. The number of hydrogen-bond acceptors (Lipinski definition) is 5. The summed E-state index contributed by atoms with van der Waals surface area (Å²) in [6.45, 7) is 3.88. The molecule has 0 saturated carbocycles. The Labute approximate surface area is 151 Å². The van der Waals surface area contributed by atoms with E-state index in [2.05, 4.69) is 5.16 Å². The van der Waals surface area contributed by atoms with E-state index in [-0.39, 0.29) is 18.9 Å². The van der Waals surface area contributed by atoms with Crippen LogP contribution in [0.15, 0.2) is 28.8 Å². The van der Waals surface area contributed by atoms with Gasteiger partial charge in [-0.3, -0.25) is 9.59 Å². The lowest BCUT2D eigenvalue weighted by Gasteiger charge is -2.21. The molecule has 0 aliphatic heterocycles. The molecule has 0 aliphatic rings. The molecule has 0 fully saturated rings. The van der Waals surface area contributed by atoms with Gasteiger partial charge in [0.25, 0.3) is 0 Å². The highest BCUT2D eigenvalue weighted by atomic mass is 35.5. The van der Waals surface area contributed by atoms with Crippen LogP contribution in [-0.2, 0) is 27.3 Å². The highest BCUT2D eigenvalue weighted by Gasteiger charge is 2.19. The van der Waals surface area contributed by atoms with Crippen LogP contribution in [-0.4, -0.2) is 35.6 Å². The van der Waals surface area contributed by atoms with E-state index in [4.69, 9.17) is 20.9 Å². The van der Waals surface area contributed by atoms with Crippen molar-refractivity contribution in [2.75, 3.05) is 13.7 Å². The summed E-state index contributed by atoms with van der Waals surface area (Å²) in [4.78, 5) is 25.8. The van der Waals surface area contributed by atoms with Gasteiger partial charge in [0.05, 0.1) is 12.8 Å². The van der Waals surface area contributed by atoms with Gasteiger partial charge in [-0.05, 0) is 38.0 Å². The minimum Gasteiger partial charge on any atom is -0.468 e. The fraction of sp³-hybridized carbons (Fsp3) is 0.389. The Hall–Kier alpha value is -2.34. The zero-order chi connectivity index (χ0) is 18.4. The molecule has 7 heteroatoms. The first-order valence-electron chi connectivity index (χ1n) is 7.91. The molecule has 2 aromatic rings. The van der Waals surface area contributed by atoms with E-state index in [0.29, 0.717) is 23.7 Å². The third-order valence-corrected chi connectivity index (χ3v) is 4.21. The molecular weight excluding hydrogens is 344 g/mol. The number of rotatable bonds is 7. The van der Waals surface area contributed by atoms with Gasteiger partial charge in [0.2, 0.25) is 5.91 Å². The number of methoxy groups -OCH3 is 1. The molecule has 1 amide bonds. The Morgan fingerprint density at radius 2 is 1.92 bits per heavy atom.